The number of carbonyl (C=O) groups is 2. The Hall–Kier alpha value is -3.56. The van der Waals surface area contributed by atoms with Gasteiger partial charge in [0.2, 0.25) is 21.8 Å². The van der Waals surface area contributed by atoms with Crippen molar-refractivity contribution >= 4 is 39.1 Å². The van der Waals surface area contributed by atoms with Crippen molar-refractivity contribution in [2.45, 2.75) is 58.2 Å². The second-order valence-electron chi connectivity index (χ2n) is 11.2. The van der Waals surface area contributed by atoms with Crippen molar-refractivity contribution < 1.29 is 22.7 Å². The molecule has 0 saturated carbocycles. The van der Waals surface area contributed by atoms with Gasteiger partial charge in [0.25, 0.3) is 0 Å². The highest BCUT2D eigenvalue weighted by molar-refractivity contribution is 7.92. The van der Waals surface area contributed by atoms with Crippen molar-refractivity contribution in [3.05, 3.63) is 95.0 Å². The summed E-state index contributed by atoms with van der Waals surface area (Å²) in [5.74, 6) is 0.0814. The number of sulfonamides is 1. The van der Waals surface area contributed by atoms with Crippen LogP contribution in [0.2, 0.25) is 5.02 Å². The van der Waals surface area contributed by atoms with E-state index in [2.05, 4.69) is 5.32 Å². The number of carbonyl (C=O) groups excluding carboxylic acids is 2. The number of nitrogens with one attached hydrogen (secondary N) is 1. The zero-order chi connectivity index (χ0) is 30.9. The summed E-state index contributed by atoms with van der Waals surface area (Å²) < 4.78 is 31.7. The molecule has 1 atom stereocenters. The number of hydrogen-bond donors (Lipinski definition) is 1. The molecular weight excluding hydrogens is 574 g/mol. The standard InChI is InChI=1S/C32H40ClN3O5S/c1-32(2,3)34-31(38)29(22-24-11-7-6-8-12-24)35(23-25-13-9-14-26(33)21-25)30(37)15-10-20-36(42(5,39)40)27-16-18-28(41-4)19-17-27/h6-9,11-14,16-19,21,29H,10,15,20,22-23H2,1-5H3,(H,34,38). The lowest BCUT2D eigenvalue weighted by molar-refractivity contribution is -0.142. The molecule has 0 fully saturated rings. The summed E-state index contributed by atoms with van der Waals surface area (Å²) in [6, 6.07) is 22.7. The van der Waals surface area contributed by atoms with E-state index < -0.39 is 21.6 Å². The van der Waals surface area contributed by atoms with Crippen molar-refractivity contribution in [2.24, 2.45) is 0 Å². The molecule has 3 aromatic carbocycles. The molecule has 0 aliphatic carbocycles. The number of halogens is 1. The number of nitrogens with zero attached hydrogens (tertiary/aromatic N) is 2. The smallest absolute Gasteiger partial charge is 0.243 e. The van der Waals surface area contributed by atoms with Crippen LogP contribution in [0.4, 0.5) is 5.69 Å². The molecule has 0 bridgehead atoms. The van der Waals surface area contributed by atoms with Crippen LogP contribution in [-0.2, 0) is 32.6 Å². The summed E-state index contributed by atoms with van der Waals surface area (Å²) in [4.78, 5) is 29.2. The van der Waals surface area contributed by atoms with E-state index >= 15 is 0 Å². The zero-order valence-electron chi connectivity index (χ0n) is 24.8. The van der Waals surface area contributed by atoms with Crippen LogP contribution in [0.25, 0.3) is 0 Å². The van der Waals surface area contributed by atoms with Gasteiger partial charge < -0.3 is 15.0 Å². The highest BCUT2D eigenvalue weighted by Gasteiger charge is 2.32. The Morgan fingerprint density at radius 1 is 0.952 bits per heavy atom. The topological polar surface area (TPSA) is 96.0 Å². The van der Waals surface area contributed by atoms with Crippen LogP contribution in [0.1, 0.15) is 44.7 Å². The molecular formula is C32H40ClN3O5S. The van der Waals surface area contributed by atoms with E-state index in [4.69, 9.17) is 16.3 Å². The van der Waals surface area contributed by atoms with Crippen molar-refractivity contribution in [1.82, 2.24) is 10.2 Å². The molecule has 1 N–H and O–H groups in total. The van der Waals surface area contributed by atoms with Crippen LogP contribution in [0.15, 0.2) is 78.9 Å². The summed E-state index contributed by atoms with van der Waals surface area (Å²) in [5.41, 5.74) is 1.67. The first kappa shape index (κ1) is 32.9. The second-order valence-corrected chi connectivity index (χ2v) is 13.6. The lowest BCUT2D eigenvalue weighted by atomic mass is 10.00. The summed E-state index contributed by atoms with van der Waals surface area (Å²) in [6.45, 7) is 5.95. The van der Waals surface area contributed by atoms with E-state index in [-0.39, 0.29) is 37.7 Å². The monoisotopic (exact) mass is 613 g/mol. The summed E-state index contributed by atoms with van der Waals surface area (Å²) in [5, 5.41) is 3.57. The molecule has 10 heteroatoms. The molecule has 1 unspecified atom stereocenters. The maximum Gasteiger partial charge on any atom is 0.243 e. The first-order chi connectivity index (χ1) is 19.8. The number of methoxy groups -OCH3 is 1. The lowest BCUT2D eigenvalue weighted by Crippen LogP contribution is -2.54. The van der Waals surface area contributed by atoms with Gasteiger partial charge in [-0.05, 0) is 74.7 Å². The van der Waals surface area contributed by atoms with Crippen molar-refractivity contribution in [1.29, 1.82) is 0 Å². The molecule has 2 amide bonds. The Balaban J connectivity index is 1.89. The number of rotatable bonds is 13. The molecule has 0 aromatic heterocycles. The first-order valence-electron chi connectivity index (χ1n) is 13.8. The molecule has 0 saturated heterocycles. The third kappa shape index (κ3) is 10.1. The van der Waals surface area contributed by atoms with E-state index in [0.29, 0.717) is 22.9 Å². The van der Waals surface area contributed by atoms with Gasteiger partial charge in [-0.25, -0.2) is 8.42 Å². The van der Waals surface area contributed by atoms with E-state index in [1.165, 1.54) is 11.4 Å². The minimum atomic E-state index is -3.61. The van der Waals surface area contributed by atoms with Crippen LogP contribution in [-0.4, -0.2) is 56.6 Å². The number of hydrogen-bond acceptors (Lipinski definition) is 5. The molecule has 3 rings (SSSR count). The van der Waals surface area contributed by atoms with E-state index in [1.807, 2.05) is 57.2 Å². The van der Waals surface area contributed by atoms with Gasteiger partial charge in [-0.15, -0.1) is 0 Å². The van der Waals surface area contributed by atoms with Gasteiger partial charge in [0, 0.05) is 36.5 Å². The maximum absolute atomic E-state index is 13.9. The average Bonchev–Trinajstić information content (AvgIpc) is 2.92. The SMILES string of the molecule is COc1ccc(N(CCCC(=O)N(Cc2cccc(Cl)c2)C(Cc2ccccc2)C(=O)NC(C)(C)C)S(C)(=O)=O)cc1. The summed E-state index contributed by atoms with van der Waals surface area (Å²) in [6.07, 6.45) is 1.74. The fourth-order valence-corrected chi connectivity index (χ4v) is 5.77. The van der Waals surface area contributed by atoms with E-state index in [1.54, 1.807) is 47.4 Å². The predicted molar refractivity (Wildman–Crippen MR) is 168 cm³/mol. The Kier molecular flexibility index (Phi) is 11.4. The molecule has 42 heavy (non-hydrogen) atoms. The number of amides is 2. The molecule has 0 aliphatic heterocycles. The van der Waals surface area contributed by atoms with Gasteiger partial charge in [-0.1, -0.05) is 54.1 Å². The third-order valence-electron chi connectivity index (χ3n) is 6.52. The Morgan fingerprint density at radius 2 is 1.60 bits per heavy atom. The molecule has 226 valence electrons. The highest BCUT2D eigenvalue weighted by Crippen LogP contribution is 2.23. The van der Waals surface area contributed by atoms with Crippen LogP contribution >= 0.6 is 11.6 Å². The molecule has 3 aromatic rings. The minimum Gasteiger partial charge on any atom is -0.497 e. The Morgan fingerprint density at radius 3 is 2.17 bits per heavy atom. The second kappa shape index (κ2) is 14.6. The summed E-state index contributed by atoms with van der Waals surface area (Å²) >= 11 is 6.25. The van der Waals surface area contributed by atoms with Gasteiger partial charge in [-0.3, -0.25) is 13.9 Å². The fourth-order valence-electron chi connectivity index (χ4n) is 4.59. The fraction of sp³-hybridized carbons (Fsp3) is 0.375. The van der Waals surface area contributed by atoms with Gasteiger partial charge >= 0.3 is 0 Å². The number of benzene rings is 3. The normalized spacial score (nSPS) is 12.3. The third-order valence-corrected chi connectivity index (χ3v) is 7.95. The van der Waals surface area contributed by atoms with Gasteiger partial charge in [0.05, 0.1) is 19.1 Å². The molecule has 0 heterocycles. The molecule has 8 nitrogen and oxygen atoms in total. The van der Waals surface area contributed by atoms with Gasteiger partial charge in [0.15, 0.2) is 0 Å². The van der Waals surface area contributed by atoms with Gasteiger partial charge in [0.1, 0.15) is 11.8 Å². The van der Waals surface area contributed by atoms with Crippen molar-refractivity contribution in [3.8, 4) is 5.75 Å². The highest BCUT2D eigenvalue weighted by atomic mass is 35.5. The Bertz CT molecular complexity index is 1440. The van der Waals surface area contributed by atoms with Crippen LogP contribution < -0.4 is 14.4 Å². The number of anilines is 1. The first-order valence-corrected chi connectivity index (χ1v) is 16.0. The average molecular weight is 614 g/mol. The quantitative estimate of drug-likeness (QED) is 0.277. The number of ether oxygens (including phenoxy) is 1. The van der Waals surface area contributed by atoms with Crippen molar-refractivity contribution in [3.63, 3.8) is 0 Å². The van der Waals surface area contributed by atoms with Crippen LogP contribution in [0, 0.1) is 0 Å². The lowest BCUT2D eigenvalue weighted by Gasteiger charge is -2.34. The molecule has 0 aliphatic rings. The maximum atomic E-state index is 13.9. The summed E-state index contributed by atoms with van der Waals surface area (Å²) in [7, 11) is -2.07. The van der Waals surface area contributed by atoms with E-state index in [0.717, 1.165) is 17.4 Å². The van der Waals surface area contributed by atoms with Crippen LogP contribution in [0.3, 0.4) is 0 Å². The van der Waals surface area contributed by atoms with Crippen molar-refractivity contribution in [2.75, 3.05) is 24.2 Å². The largest absolute Gasteiger partial charge is 0.497 e. The molecule has 0 spiro atoms. The zero-order valence-corrected chi connectivity index (χ0v) is 26.4. The molecule has 0 radical (unpaired) electrons. The van der Waals surface area contributed by atoms with Crippen LogP contribution in [0.5, 0.6) is 5.75 Å². The predicted octanol–water partition coefficient (Wildman–Crippen LogP) is 5.45. The minimum absolute atomic E-state index is 0.0385. The Labute approximate surface area is 254 Å². The van der Waals surface area contributed by atoms with Gasteiger partial charge in [-0.2, -0.15) is 0 Å². The van der Waals surface area contributed by atoms with E-state index in [9.17, 15) is 18.0 Å².